The molecule has 112 valence electrons. The molecule has 0 aliphatic heterocycles. The maximum atomic E-state index is 3.75. The molecule has 0 radical (unpaired) electrons. The van der Waals surface area contributed by atoms with Crippen LogP contribution in [-0.4, -0.2) is 13.1 Å². The van der Waals surface area contributed by atoms with Crippen LogP contribution in [0.1, 0.15) is 78.1 Å². The molecule has 2 aliphatic rings. The molecule has 0 heterocycles. The van der Waals surface area contributed by atoms with Crippen molar-refractivity contribution in [2.75, 3.05) is 7.05 Å². The zero-order valence-corrected chi connectivity index (χ0v) is 13.5. The van der Waals surface area contributed by atoms with E-state index in [0.29, 0.717) is 0 Å². The number of rotatable bonds is 5. The molecular weight excluding hydrogens is 230 g/mol. The zero-order chi connectivity index (χ0) is 13.7. The molecule has 0 aromatic rings. The maximum absolute atomic E-state index is 3.75. The molecule has 0 amide bonds. The summed E-state index contributed by atoms with van der Waals surface area (Å²) in [4.78, 5) is 0. The Kier molecular flexibility index (Phi) is 6.19. The Hall–Kier alpha value is -0.0400. The van der Waals surface area contributed by atoms with Gasteiger partial charge in [-0.25, -0.2) is 0 Å². The molecule has 0 spiro atoms. The van der Waals surface area contributed by atoms with E-state index in [9.17, 15) is 0 Å². The summed E-state index contributed by atoms with van der Waals surface area (Å²) < 4.78 is 0. The molecule has 5 unspecified atom stereocenters. The highest BCUT2D eigenvalue weighted by Gasteiger charge is 2.36. The predicted octanol–water partition coefficient (Wildman–Crippen LogP) is 5.01. The lowest BCUT2D eigenvalue weighted by molar-refractivity contribution is 0.108. The Balaban J connectivity index is 2.00. The first-order valence-corrected chi connectivity index (χ1v) is 8.97. The van der Waals surface area contributed by atoms with E-state index >= 15 is 0 Å². The average molecular weight is 265 g/mol. The second-order valence-electron chi connectivity index (χ2n) is 7.13. The van der Waals surface area contributed by atoms with Gasteiger partial charge in [-0.05, 0) is 50.0 Å². The summed E-state index contributed by atoms with van der Waals surface area (Å²) in [5.41, 5.74) is 0. The largest absolute Gasteiger partial charge is 0.316 e. The Labute approximate surface area is 120 Å². The van der Waals surface area contributed by atoms with Gasteiger partial charge in [-0.15, -0.1) is 0 Å². The first-order valence-electron chi connectivity index (χ1n) is 8.97. The van der Waals surface area contributed by atoms with E-state index in [1.54, 1.807) is 0 Å². The van der Waals surface area contributed by atoms with Crippen molar-refractivity contribution in [3.05, 3.63) is 0 Å². The van der Waals surface area contributed by atoms with Gasteiger partial charge in [0.1, 0.15) is 0 Å². The Morgan fingerprint density at radius 2 is 1.74 bits per heavy atom. The van der Waals surface area contributed by atoms with Crippen LogP contribution in [0.15, 0.2) is 0 Å². The molecule has 2 aliphatic carbocycles. The molecule has 2 fully saturated rings. The zero-order valence-electron chi connectivity index (χ0n) is 13.5. The highest BCUT2D eigenvalue weighted by Crippen LogP contribution is 2.41. The normalized spacial score (nSPS) is 38.1. The predicted molar refractivity (Wildman–Crippen MR) is 84.3 cm³/mol. The second-order valence-corrected chi connectivity index (χ2v) is 7.13. The molecule has 1 N–H and O–H groups in total. The highest BCUT2D eigenvalue weighted by molar-refractivity contribution is 4.90. The summed E-state index contributed by atoms with van der Waals surface area (Å²) in [7, 11) is 2.22. The molecule has 2 saturated carbocycles. The first-order chi connectivity index (χ1) is 9.30. The van der Waals surface area contributed by atoms with Gasteiger partial charge in [0.05, 0.1) is 0 Å². The van der Waals surface area contributed by atoms with Crippen molar-refractivity contribution in [1.82, 2.24) is 5.32 Å². The second kappa shape index (κ2) is 7.67. The smallest absolute Gasteiger partial charge is 0.0123 e. The van der Waals surface area contributed by atoms with Crippen molar-refractivity contribution in [2.45, 2.75) is 84.1 Å². The van der Waals surface area contributed by atoms with Crippen LogP contribution in [-0.2, 0) is 0 Å². The standard InChI is InChI=1S/C18H35N/c1-4-14-9-8-11-16(13-14)18(19-3)17-12-7-6-10-15(17)5-2/h14-19H,4-13H2,1-3H3. The SMILES string of the molecule is CCC1CCCC(C(NC)C2CCCCC2CC)C1. The van der Waals surface area contributed by atoms with Crippen LogP contribution in [0.25, 0.3) is 0 Å². The minimum absolute atomic E-state index is 0.805. The average Bonchev–Trinajstić information content (AvgIpc) is 2.49. The lowest BCUT2D eigenvalue weighted by Crippen LogP contribution is -2.45. The summed E-state index contributed by atoms with van der Waals surface area (Å²) in [5.74, 6) is 3.93. The molecule has 0 bridgehead atoms. The van der Waals surface area contributed by atoms with Crippen LogP contribution in [0.5, 0.6) is 0 Å². The van der Waals surface area contributed by atoms with E-state index in [1.165, 1.54) is 64.2 Å². The minimum Gasteiger partial charge on any atom is -0.316 e. The fourth-order valence-corrected chi connectivity index (χ4v) is 5.04. The lowest BCUT2D eigenvalue weighted by Gasteiger charge is -2.43. The summed E-state index contributed by atoms with van der Waals surface area (Å²) in [5, 5.41) is 3.75. The van der Waals surface area contributed by atoms with Gasteiger partial charge in [0.25, 0.3) is 0 Å². The molecule has 5 atom stereocenters. The number of hydrogen-bond donors (Lipinski definition) is 1. The van der Waals surface area contributed by atoms with Crippen LogP contribution >= 0.6 is 0 Å². The number of hydrogen-bond acceptors (Lipinski definition) is 1. The van der Waals surface area contributed by atoms with Gasteiger partial charge in [-0.3, -0.25) is 0 Å². The summed E-state index contributed by atoms with van der Waals surface area (Å²) in [6.45, 7) is 4.79. The van der Waals surface area contributed by atoms with Crippen LogP contribution in [0.2, 0.25) is 0 Å². The van der Waals surface area contributed by atoms with Gasteiger partial charge in [0.15, 0.2) is 0 Å². The minimum atomic E-state index is 0.805. The Morgan fingerprint density at radius 1 is 0.947 bits per heavy atom. The van der Waals surface area contributed by atoms with Crippen LogP contribution in [0.4, 0.5) is 0 Å². The van der Waals surface area contributed by atoms with E-state index in [-0.39, 0.29) is 0 Å². The van der Waals surface area contributed by atoms with Crippen LogP contribution < -0.4 is 5.32 Å². The van der Waals surface area contributed by atoms with Crippen molar-refractivity contribution < 1.29 is 0 Å². The molecular formula is C18H35N. The molecule has 0 saturated heterocycles. The van der Waals surface area contributed by atoms with E-state index in [2.05, 4.69) is 26.2 Å². The van der Waals surface area contributed by atoms with Crippen molar-refractivity contribution >= 4 is 0 Å². The van der Waals surface area contributed by atoms with Crippen molar-refractivity contribution in [3.8, 4) is 0 Å². The van der Waals surface area contributed by atoms with Gasteiger partial charge in [-0.1, -0.05) is 58.8 Å². The third kappa shape index (κ3) is 3.74. The molecule has 0 aromatic heterocycles. The van der Waals surface area contributed by atoms with Crippen molar-refractivity contribution in [2.24, 2.45) is 23.7 Å². The Morgan fingerprint density at radius 3 is 2.42 bits per heavy atom. The maximum Gasteiger partial charge on any atom is 0.0123 e. The van der Waals surface area contributed by atoms with Gasteiger partial charge < -0.3 is 5.32 Å². The highest BCUT2D eigenvalue weighted by atomic mass is 14.9. The van der Waals surface area contributed by atoms with E-state index in [1.807, 2.05) is 0 Å². The van der Waals surface area contributed by atoms with Gasteiger partial charge in [0, 0.05) is 6.04 Å². The van der Waals surface area contributed by atoms with Crippen LogP contribution in [0.3, 0.4) is 0 Å². The molecule has 0 aromatic carbocycles. The monoisotopic (exact) mass is 265 g/mol. The van der Waals surface area contributed by atoms with Crippen LogP contribution in [0, 0.1) is 23.7 Å². The third-order valence-corrected chi connectivity index (χ3v) is 6.20. The Bertz CT molecular complexity index is 250. The summed E-state index contributed by atoms with van der Waals surface area (Å²) in [6, 6.07) is 0.805. The molecule has 2 rings (SSSR count). The molecule has 1 nitrogen and oxygen atoms in total. The topological polar surface area (TPSA) is 12.0 Å². The summed E-state index contributed by atoms with van der Waals surface area (Å²) >= 11 is 0. The van der Waals surface area contributed by atoms with Gasteiger partial charge in [-0.2, -0.15) is 0 Å². The van der Waals surface area contributed by atoms with Crippen molar-refractivity contribution in [1.29, 1.82) is 0 Å². The molecule has 1 heteroatoms. The summed E-state index contributed by atoms with van der Waals surface area (Å²) in [6.07, 6.45) is 14.7. The van der Waals surface area contributed by atoms with E-state index in [0.717, 1.165) is 29.7 Å². The number of nitrogens with one attached hydrogen (secondary N) is 1. The molecule has 19 heavy (non-hydrogen) atoms. The lowest BCUT2D eigenvalue weighted by atomic mass is 9.66. The van der Waals surface area contributed by atoms with Crippen molar-refractivity contribution in [3.63, 3.8) is 0 Å². The quantitative estimate of drug-likeness (QED) is 0.737. The third-order valence-electron chi connectivity index (χ3n) is 6.20. The van der Waals surface area contributed by atoms with E-state index < -0.39 is 0 Å². The fraction of sp³-hybridized carbons (Fsp3) is 1.00. The van der Waals surface area contributed by atoms with E-state index in [4.69, 9.17) is 0 Å². The van der Waals surface area contributed by atoms with Gasteiger partial charge in [0.2, 0.25) is 0 Å². The van der Waals surface area contributed by atoms with Gasteiger partial charge >= 0.3 is 0 Å². The fourth-order valence-electron chi connectivity index (χ4n) is 5.04. The first kappa shape index (κ1) is 15.4.